The molecule has 0 radical (unpaired) electrons. The number of aromatic amines is 1. The van der Waals surface area contributed by atoms with Crippen molar-refractivity contribution < 1.29 is 4.79 Å². The maximum absolute atomic E-state index is 12.0. The van der Waals surface area contributed by atoms with Crippen LogP contribution in [0.15, 0.2) is 41.2 Å². The average molecular weight is 300 g/mol. The topological polar surface area (TPSA) is 78.1 Å². The number of nitrogens with zero attached hydrogens (tertiary/aromatic N) is 2. The average Bonchev–Trinajstić information content (AvgIpc) is 2.50. The predicted octanol–water partition coefficient (Wildman–Crippen LogP) is 2.26. The summed E-state index contributed by atoms with van der Waals surface area (Å²) in [6.07, 6.45) is 0. The van der Waals surface area contributed by atoms with Crippen LogP contribution in [0.25, 0.3) is 0 Å². The van der Waals surface area contributed by atoms with Gasteiger partial charge in [-0.2, -0.15) is 5.10 Å². The molecule has 0 atom stereocenters. The Morgan fingerprint density at radius 1 is 1.23 bits per heavy atom. The summed E-state index contributed by atoms with van der Waals surface area (Å²) >= 11 is 0. The number of H-pyrrole nitrogens is 1. The van der Waals surface area contributed by atoms with Gasteiger partial charge in [-0.15, -0.1) is 0 Å². The maximum Gasteiger partial charge on any atom is 0.276 e. The minimum Gasteiger partial charge on any atom is -0.369 e. The standard InChI is InChI=1S/C16H20N4O2/c1-4-20(11(2)3)13-7-5-12(6-8-13)17-16(22)14-9-10-15(21)19-18-14/h5-11H,4H2,1-3H3,(H,17,22)(H,19,21). The van der Waals surface area contributed by atoms with Crippen LogP contribution in [0, 0.1) is 0 Å². The number of benzene rings is 1. The van der Waals surface area contributed by atoms with Crippen molar-refractivity contribution in [1.29, 1.82) is 0 Å². The summed E-state index contributed by atoms with van der Waals surface area (Å²) in [5, 5.41) is 8.69. The number of anilines is 2. The molecule has 2 rings (SSSR count). The van der Waals surface area contributed by atoms with Crippen molar-refractivity contribution in [2.75, 3.05) is 16.8 Å². The Balaban J connectivity index is 2.09. The fraction of sp³-hybridized carbons (Fsp3) is 0.312. The van der Waals surface area contributed by atoms with E-state index in [1.54, 1.807) is 0 Å². The second-order valence-corrected chi connectivity index (χ2v) is 5.19. The lowest BCUT2D eigenvalue weighted by Gasteiger charge is -2.27. The highest BCUT2D eigenvalue weighted by molar-refractivity contribution is 6.02. The Bertz CT molecular complexity index is 672. The first-order valence-electron chi connectivity index (χ1n) is 7.25. The number of aromatic nitrogens is 2. The molecule has 0 aliphatic carbocycles. The van der Waals surface area contributed by atoms with Gasteiger partial charge in [0.1, 0.15) is 5.69 Å². The molecule has 2 N–H and O–H groups in total. The van der Waals surface area contributed by atoms with Gasteiger partial charge in [-0.05, 0) is 51.1 Å². The summed E-state index contributed by atoms with van der Waals surface area (Å²) in [6, 6.07) is 10.7. The van der Waals surface area contributed by atoms with E-state index in [0.29, 0.717) is 11.7 Å². The van der Waals surface area contributed by atoms with Crippen LogP contribution in [0.1, 0.15) is 31.3 Å². The molecule has 0 aliphatic rings. The van der Waals surface area contributed by atoms with Crippen molar-refractivity contribution in [1.82, 2.24) is 10.2 Å². The zero-order valence-electron chi connectivity index (χ0n) is 13.0. The molecule has 0 bridgehead atoms. The maximum atomic E-state index is 12.0. The van der Waals surface area contributed by atoms with Crippen LogP contribution in [0.2, 0.25) is 0 Å². The SMILES string of the molecule is CCN(c1ccc(NC(=O)c2ccc(=O)[nH]n2)cc1)C(C)C. The Morgan fingerprint density at radius 2 is 1.91 bits per heavy atom. The number of nitrogens with one attached hydrogen (secondary N) is 2. The molecule has 1 heterocycles. The molecular formula is C16H20N4O2. The van der Waals surface area contributed by atoms with Crippen LogP contribution in [-0.4, -0.2) is 28.7 Å². The second-order valence-electron chi connectivity index (χ2n) is 5.19. The van der Waals surface area contributed by atoms with Crippen molar-refractivity contribution in [3.63, 3.8) is 0 Å². The van der Waals surface area contributed by atoms with E-state index in [0.717, 1.165) is 12.2 Å². The lowest BCUT2D eigenvalue weighted by molar-refractivity contribution is 0.102. The van der Waals surface area contributed by atoms with E-state index in [1.165, 1.54) is 12.1 Å². The number of carbonyl (C=O) groups excluding carboxylic acids is 1. The van der Waals surface area contributed by atoms with Crippen LogP contribution in [0.3, 0.4) is 0 Å². The van der Waals surface area contributed by atoms with Crippen molar-refractivity contribution in [2.45, 2.75) is 26.8 Å². The van der Waals surface area contributed by atoms with Crippen molar-refractivity contribution in [3.05, 3.63) is 52.4 Å². The number of amides is 1. The number of hydrogen-bond acceptors (Lipinski definition) is 4. The van der Waals surface area contributed by atoms with E-state index < -0.39 is 0 Å². The Kier molecular flexibility index (Phi) is 4.93. The van der Waals surface area contributed by atoms with Gasteiger partial charge in [-0.25, -0.2) is 5.10 Å². The minimum atomic E-state index is -0.361. The molecule has 116 valence electrons. The molecule has 22 heavy (non-hydrogen) atoms. The fourth-order valence-electron chi connectivity index (χ4n) is 2.25. The lowest BCUT2D eigenvalue weighted by Crippen LogP contribution is -2.30. The largest absolute Gasteiger partial charge is 0.369 e. The van der Waals surface area contributed by atoms with Gasteiger partial charge in [0.25, 0.3) is 11.5 Å². The normalized spacial score (nSPS) is 10.5. The fourth-order valence-corrected chi connectivity index (χ4v) is 2.25. The summed E-state index contributed by atoms with van der Waals surface area (Å²) in [4.78, 5) is 25.2. The van der Waals surface area contributed by atoms with E-state index in [9.17, 15) is 9.59 Å². The van der Waals surface area contributed by atoms with Crippen molar-refractivity contribution in [2.24, 2.45) is 0 Å². The quantitative estimate of drug-likeness (QED) is 0.888. The zero-order chi connectivity index (χ0) is 16.1. The smallest absolute Gasteiger partial charge is 0.276 e. The summed E-state index contributed by atoms with van der Waals surface area (Å²) in [5.74, 6) is -0.361. The molecule has 0 fully saturated rings. The summed E-state index contributed by atoms with van der Waals surface area (Å²) in [5.41, 5.74) is 1.62. The van der Waals surface area contributed by atoms with Gasteiger partial charge in [-0.1, -0.05) is 0 Å². The van der Waals surface area contributed by atoms with Crippen molar-refractivity contribution in [3.8, 4) is 0 Å². The Labute approximate surface area is 129 Å². The molecule has 2 aromatic rings. The highest BCUT2D eigenvalue weighted by Gasteiger charge is 2.10. The first kappa shape index (κ1) is 15.8. The number of carbonyl (C=O) groups is 1. The van der Waals surface area contributed by atoms with E-state index in [1.807, 2.05) is 24.3 Å². The molecule has 1 aromatic carbocycles. The molecule has 6 heteroatoms. The summed E-state index contributed by atoms with van der Waals surface area (Å²) < 4.78 is 0. The van der Waals surface area contributed by atoms with Gasteiger partial charge in [-0.3, -0.25) is 9.59 Å². The van der Waals surface area contributed by atoms with Crippen LogP contribution >= 0.6 is 0 Å². The van der Waals surface area contributed by atoms with Crippen LogP contribution in [0.5, 0.6) is 0 Å². The molecular weight excluding hydrogens is 280 g/mol. The molecule has 0 aliphatic heterocycles. The monoisotopic (exact) mass is 300 g/mol. The predicted molar refractivity (Wildman–Crippen MR) is 87.4 cm³/mol. The van der Waals surface area contributed by atoms with E-state index in [2.05, 4.69) is 41.2 Å². The van der Waals surface area contributed by atoms with Crippen LogP contribution < -0.4 is 15.8 Å². The number of hydrogen-bond donors (Lipinski definition) is 2. The third-order valence-electron chi connectivity index (χ3n) is 3.33. The van der Waals surface area contributed by atoms with Gasteiger partial charge in [0.05, 0.1) is 0 Å². The minimum absolute atomic E-state index is 0.168. The lowest BCUT2D eigenvalue weighted by atomic mass is 10.2. The number of rotatable bonds is 5. The van der Waals surface area contributed by atoms with Gasteiger partial charge in [0, 0.05) is 30.0 Å². The van der Waals surface area contributed by atoms with Gasteiger partial charge < -0.3 is 10.2 Å². The molecule has 1 aromatic heterocycles. The third-order valence-corrected chi connectivity index (χ3v) is 3.33. The molecule has 6 nitrogen and oxygen atoms in total. The van der Waals surface area contributed by atoms with Crippen LogP contribution in [0.4, 0.5) is 11.4 Å². The van der Waals surface area contributed by atoms with Crippen LogP contribution in [-0.2, 0) is 0 Å². The Morgan fingerprint density at radius 3 is 2.41 bits per heavy atom. The van der Waals surface area contributed by atoms with Gasteiger partial charge in [0.15, 0.2) is 0 Å². The zero-order valence-corrected chi connectivity index (χ0v) is 13.0. The van der Waals surface area contributed by atoms with E-state index in [-0.39, 0.29) is 17.2 Å². The van der Waals surface area contributed by atoms with Crippen molar-refractivity contribution >= 4 is 17.3 Å². The van der Waals surface area contributed by atoms with E-state index >= 15 is 0 Å². The van der Waals surface area contributed by atoms with Gasteiger partial charge in [0.2, 0.25) is 0 Å². The first-order valence-corrected chi connectivity index (χ1v) is 7.25. The Hall–Kier alpha value is -2.63. The molecule has 0 spiro atoms. The van der Waals surface area contributed by atoms with E-state index in [4.69, 9.17) is 0 Å². The molecule has 0 saturated carbocycles. The molecule has 1 amide bonds. The third kappa shape index (κ3) is 3.72. The van der Waals surface area contributed by atoms with Gasteiger partial charge >= 0.3 is 0 Å². The molecule has 0 unspecified atom stereocenters. The highest BCUT2D eigenvalue weighted by Crippen LogP contribution is 2.20. The summed E-state index contributed by atoms with van der Waals surface area (Å²) in [7, 11) is 0. The first-order chi connectivity index (χ1) is 10.5. The molecule has 0 saturated heterocycles. The highest BCUT2D eigenvalue weighted by atomic mass is 16.2. The second kappa shape index (κ2) is 6.89. The summed E-state index contributed by atoms with van der Waals surface area (Å²) in [6.45, 7) is 7.31.